The van der Waals surface area contributed by atoms with Crippen LogP contribution in [0.15, 0.2) is 85.6 Å². The Bertz CT molecular complexity index is 1140. The summed E-state index contributed by atoms with van der Waals surface area (Å²) >= 11 is 0. The lowest BCUT2D eigenvalue weighted by atomic mass is 9.39. The van der Waals surface area contributed by atoms with Gasteiger partial charge in [0.05, 0.1) is 0 Å². The molecule has 7 atom stereocenters. The summed E-state index contributed by atoms with van der Waals surface area (Å²) in [5.41, 5.74) is 6.39. The van der Waals surface area contributed by atoms with Crippen LogP contribution in [0, 0.1) is 50.7 Å². The smallest absolute Gasteiger partial charge is 0.0104 e. The molecule has 0 radical (unpaired) electrons. The van der Waals surface area contributed by atoms with Crippen molar-refractivity contribution in [2.75, 3.05) is 0 Å². The second-order valence-electron chi connectivity index (χ2n) is 17.6. The van der Waals surface area contributed by atoms with Crippen LogP contribution in [-0.2, 0) is 0 Å². The summed E-state index contributed by atoms with van der Waals surface area (Å²) < 4.78 is 0. The molecule has 0 spiro atoms. The van der Waals surface area contributed by atoms with E-state index in [1.165, 1.54) is 94.6 Å². The van der Waals surface area contributed by atoms with Gasteiger partial charge in [0.1, 0.15) is 0 Å². The molecule has 7 unspecified atom stereocenters. The maximum atomic E-state index is 4.86. The first-order valence-corrected chi connectivity index (χ1v) is 18.7. The average molecular weight is 613 g/mol. The van der Waals surface area contributed by atoms with Crippen molar-refractivity contribution in [1.82, 2.24) is 0 Å². The molecule has 5 aliphatic rings. The van der Waals surface area contributed by atoms with Crippen LogP contribution in [0.4, 0.5) is 0 Å². The van der Waals surface area contributed by atoms with Crippen molar-refractivity contribution in [3.63, 3.8) is 0 Å². The fraction of sp³-hybridized carbons (Fsp3) is 0.689. The first kappa shape index (κ1) is 37.6. The second-order valence-corrected chi connectivity index (χ2v) is 17.6. The molecule has 0 saturated heterocycles. The number of rotatable bonds is 6. The van der Waals surface area contributed by atoms with Gasteiger partial charge >= 0.3 is 0 Å². The molecule has 0 bridgehead atoms. The Kier molecular flexibility index (Phi) is 12.5. The fourth-order valence-corrected chi connectivity index (χ4v) is 11.2. The molecule has 0 amide bonds. The fourth-order valence-electron chi connectivity index (χ4n) is 11.2. The Hall–Kier alpha value is -1.82. The van der Waals surface area contributed by atoms with Gasteiger partial charge in [0.25, 0.3) is 0 Å². The molecular formula is C45H72. The van der Waals surface area contributed by atoms with Crippen LogP contribution in [0.3, 0.4) is 0 Å². The van der Waals surface area contributed by atoms with E-state index < -0.39 is 0 Å². The van der Waals surface area contributed by atoms with E-state index in [1.54, 1.807) is 5.57 Å². The molecule has 5 rings (SSSR count). The molecule has 0 heterocycles. The number of allylic oxidation sites excluding steroid dienone is 10. The third-order valence-electron chi connectivity index (χ3n) is 13.1. The van der Waals surface area contributed by atoms with E-state index in [0.29, 0.717) is 33.5 Å². The summed E-state index contributed by atoms with van der Waals surface area (Å²) in [6.07, 6.45) is 33.8. The average Bonchev–Trinajstić information content (AvgIpc) is 2.98. The Balaban J connectivity index is 0.000000427. The highest BCUT2D eigenvalue weighted by atomic mass is 14.7. The molecule has 0 aromatic heterocycles. The monoisotopic (exact) mass is 613 g/mol. The van der Waals surface area contributed by atoms with Crippen LogP contribution in [0.25, 0.3) is 0 Å². The Morgan fingerprint density at radius 1 is 0.956 bits per heavy atom. The van der Waals surface area contributed by atoms with Crippen LogP contribution < -0.4 is 0 Å². The summed E-state index contributed by atoms with van der Waals surface area (Å²) in [6, 6.07) is 0. The minimum atomic E-state index is 0.122. The highest BCUT2D eigenvalue weighted by Gasteiger charge is 2.62. The standard InChI is InChI=1S/C34H54.C9H14.C2H4/c1-11-13-17-34-19-14-25-29(26(34)23-31(7,8)20-21-34)24(3)22-28-32(25,9)18-15-27(30(4,5)6)33(28,10)16-12-2;1-2-6-9-7-4-3-5-8-9;1-2/h11-12,16,22,25-27,29H,1,3,13-15,17-21,23H2,2,4-10H3;4,7-8H,2-3,5-6H2,1H3;1-2H2/b16-12-;;. The summed E-state index contributed by atoms with van der Waals surface area (Å²) in [7, 11) is 0. The van der Waals surface area contributed by atoms with Crippen molar-refractivity contribution in [3.05, 3.63) is 85.6 Å². The van der Waals surface area contributed by atoms with Gasteiger partial charge in [0.15, 0.2) is 0 Å². The minimum absolute atomic E-state index is 0.122. The van der Waals surface area contributed by atoms with E-state index in [2.05, 4.69) is 125 Å². The van der Waals surface area contributed by atoms with Gasteiger partial charge in [-0.2, -0.15) is 0 Å². The van der Waals surface area contributed by atoms with Crippen molar-refractivity contribution in [2.24, 2.45) is 50.7 Å². The lowest BCUT2D eigenvalue weighted by Gasteiger charge is -2.66. The zero-order chi connectivity index (χ0) is 33.7. The zero-order valence-corrected chi connectivity index (χ0v) is 31.4. The largest absolute Gasteiger partial charge is 0.106 e. The zero-order valence-electron chi connectivity index (χ0n) is 31.4. The topological polar surface area (TPSA) is 0 Å². The van der Waals surface area contributed by atoms with Crippen molar-refractivity contribution in [2.45, 2.75) is 146 Å². The summed E-state index contributed by atoms with van der Waals surface area (Å²) in [6.45, 7) is 37.1. The summed E-state index contributed by atoms with van der Waals surface area (Å²) in [4.78, 5) is 0. The molecule has 0 nitrogen and oxygen atoms in total. The van der Waals surface area contributed by atoms with Crippen LogP contribution in [0.1, 0.15) is 146 Å². The number of hydrogen-bond acceptors (Lipinski definition) is 0. The lowest BCUT2D eigenvalue weighted by molar-refractivity contribution is -0.0980. The molecule has 3 fully saturated rings. The summed E-state index contributed by atoms with van der Waals surface area (Å²) in [5.74, 6) is 2.86. The Morgan fingerprint density at radius 2 is 1.67 bits per heavy atom. The molecule has 0 aliphatic heterocycles. The third-order valence-corrected chi connectivity index (χ3v) is 13.1. The van der Waals surface area contributed by atoms with E-state index in [9.17, 15) is 0 Å². The van der Waals surface area contributed by atoms with Crippen LogP contribution in [0.5, 0.6) is 0 Å². The van der Waals surface area contributed by atoms with E-state index in [0.717, 1.165) is 11.8 Å². The normalized spacial score (nSPS) is 37.0. The maximum Gasteiger partial charge on any atom is 0.0104 e. The predicted octanol–water partition coefficient (Wildman–Crippen LogP) is 14.2. The number of fused-ring (bicyclic) bond motifs is 5. The molecule has 0 aromatic rings. The van der Waals surface area contributed by atoms with Crippen LogP contribution >= 0.6 is 0 Å². The molecule has 0 N–H and O–H groups in total. The molecule has 3 saturated carbocycles. The second kappa shape index (κ2) is 14.9. The Labute approximate surface area is 281 Å². The van der Waals surface area contributed by atoms with Crippen molar-refractivity contribution in [3.8, 4) is 0 Å². The van der Waals surface area contributed by atoms with Gasteiger partial charge in [-0.25, -0.2) is 0 Å². The first-order chi connectivity index (χ1) is 21.2. The Morgan fingerprint density at radius 3 is 2.24 bits per heavy atom. The molecule has 0 heteroatoms. The van der Waals surface area contributed by atoms with E-state index in [4.69, 9.17) is 6.58 Å². The van der Waals surface area contributed by atoms with E-state index >= 15 is 0 Å². The van der Waals surface area contributed by atoms with Gasteiger partial charge in [-0.05, 0) is 129 Å². The van der Waals surface area contributed by atoms with Gasteiger partial charge in [0, 0.05) is 5.41 Å². The highest BCUT2D eigenvalue weighted by Crippen LogP contribution is 2.71. The first-order valence-electron chi connectivity index (χ1n) is 18.7. The number of hydrogen-bond donors (Lipinski definition) is 0. The highest BCUT2D eigenvalue weighted by molar-refractivity contribution is 5.43. The SMILES string of the molecule is C=C.C=CCCC12CCC3C(C(=C)C=C4C(C)(/C=C\C)C(C(C)(C)C)CCC43C)C1CC(C)(C)CC2.CCCC1=CCCC=C1. The van der Waals surface area contributed by atoms with Gasteiger partial charge < -0.3 is 0 Å². The van der Waals surface area contributed by atoms with Crippen molar-refractivity contribution in [1.29, 1.82) is 0 Å². The molecule has 5 aliphatic carbocycles. The molecule has 0 aromatic carbocycles. The van der Waals surface area contributed by atoms with Crippen molar-refractivity contribution >= 4 is 0 Å². The minimum Gasteiger partial charge on any atom is -0.106 e. The molecule has 252 valence electrons. The molecular weight excluding hydrogens is 540 g/mol. The molecule has 45 heavy (non-hydrogen) atoms. The van der Waals surface area contributed by atoms with Gasteiger partial charge in [-0.15, -0.1) is 19.7 Å². The van der Waals surface area contributed by atoms with Gasteiger partial charge in [-0.3, -0.25) is 0 Å². The quantitative estimate of drug-likeness (QED) is 0.262. The van der Waals surface area contributed by atoms with Crippen LogP contribution in [-0.4, -0.2) is 0 Å². The predicted molar refractivity (Wildman–Crippen MR) is 202 cm³/mol. The van der Waals surface area contributed by atoms with Crippen LogP contribution in [0.2, 0.25) is 0 Å². The third kappa shape index (κ3) is 7.68. The lowest BCUT2D eigenvalue weighted by Crippen LogP contribution is -2.57. The van der Waals surface area contributed by atoms with E-state index in [1.807, 2.05) is 0 Å². The van der Waals surface area contributed by atoms with Gasteiger partial charge in [-0.1, -0.05) is 128 Å². The summed E-state index contributed by atoms with van der Waals surface area (Å²) in [5, 5.41) is 0. The van der Waals surface area contributed by atoms with Gasteiger partial charge in [0.2, 0.25) is 0 Å². The van der Waals surface area contributed by atoms with Crippen molar-refractivity contribution < 1.29 is 0 Å². The maximum absolute atomic E-state index is 4.86. The van der Waals surface area contributed by atoms with E-state index in [-0.39, 0.29) is 5.41 Å².